The molecule has 0 bridgehead atoms. The summed E-state index contributed by atoms with van der Waals surface area (Å²) in [4.78, 5) is 15.4. The van der Waals surface area contributed by atoms with Gasteiger partial charge in [-0.15, -0.1) is 0 Å². The van der Waals surface area contributed by atoms with Crippen LogP contribution in [0.5, 0.6) is 0 Å². The Morgan fingerprint density at radius 1 is 1.19 bits per heavy atom. The van der Waals surface area contributed by atoms with Crippen LogP contribution in [-0.4, -0.2) is 17.4 Å². The molecule has 1 heterocycles. The van der Waals surface area contributed by atoms with Crippen LogP contribution < -0.4 is 16.4 Å². The lowest BCUT2D eigenvalue weighted by atomic mass is 10.1. The van der Waals surface area contributed by atoms with Gasteiger partial charge < -0.3 is 21.4 Å². The Balaban J connectivity index is 1.56. The van der Waals surface area contributed by atoms with E-state index in [1.807, 2.05) is 30.5 Å². The number of anilines is 2. The van der Waals surface area contributed by atoms with Gasteiger partial charge in [0.25, 0.3) is 5.91 Å². The number of carbonyl (C=O) groups excluding carboxylic acids is 1. The van der Waals surface area contributed by atoms with E-state index < -0.39 is 5.91 Å². The molecule has 1 amide bonds. The molecule has 130 valence electrons. The minimum Gasteiger partial charge on any atom is -0.399 e. The van der Waals surface area contributed by atoms with Gasteiger partial charge in [-0.05, 0) is 42.3 Å². The van der Waals surface area contributed by atoms with E-state index in [1.165, 1.54) is 17.1 Å². The maximum atomic E-state index is 12.1. The molecule has 0 unspecified atom stereocenters. The summed E-state index contributed by atoms with van der Waals surface area (Å²) < 4.78 is 0. The molecule has 0 spiro atoms. The van der Waals surface area contributed by atoms with Crippen LogP contribution in [0.25, 0.3) is 10.9 Å². The minimum absolute atomic E-state index is 0.0146. The summed E-state index contributed by atoms with van der Waals surface area (Å²) in [5, 5.41) is 16.1. The number of hydrogen-bond acceptors (Lipinski definition) is 4. The van der Waals surface area contributed by atoms with Gasteiger partial charge in [-0.1, -0.05) is 18.2 Å². The normalized spacial score (nSPS) is 11.1. The predicted molar refractivity (Wildman–Crippen MR) is 103 cm³/mol. The van der Waals surface area contributed by atoms with Gasteiger partial charge in [-0.2, -0.15) is 5.26 Å². The SMILES string of the molecule is N#C/C(=C/NCCc1c[nH]c2ccccc12)C(=O)Nc1ccc(N)cc1. The third-order valence-electron chi connectivity index (χ3n) is 3.99. The van der Waals surface area contributed by atoms with Crippen LogP contribution in [0.1, 0.15) is 5.56 Å². The number of nitrogens with zero attached hydrogens (tertiary/aromatic N) is 1. The Morgan fingerprint density at radius 2 is 1.96 bits per heavy atom. The molecule has 0 fully saturated rings. The second-order valence-electron chi connectivity index (χ2n) is 5.81. The fourth-order valence-corrected chi connectivity index (χ4v) is 2.63. The number of carbonyl (C=O) groups is 1. The average molecular weight is 345 g/mol. The summed E-state index contributed by atoms with van der Waals surface area (Å²) in [5.74, 6) is -0.461. The van der Waals surface area contributed by atoms with Gasteiger partial charge in [-0.3, -0.25) is 4.79 Å². The Morgan fingerprint density at radius 3 is 2.73 bits per heavy atom. The van der Waals surface area contributed by atoms with Crippen LogP contribution in [-0.2, 0) is 11.2 Å². The Hall–Kier alpha value is -3.72. The van der Waals surface area contributed by atoms with E-state index in [-0.39, 0.29) is 5.57 Å². The summed E-state index contributed by atoms with van der Waals surface area (Å²) in [7, 11) is 0. The summed E-state index contributed by atoms with van der Waals surface area (Å²) in [6, 6.07) is 16.7. The van der Waals surface area contributed by atoms with Gasteiger partial charge in [0.15, 0.2) is 0 Å². The summed E-state index contributed by atoms with van der Waals surface area (Å²) in [6.07, 6.45) is 4.20. The number of nitrogens with one attached hydrogen (secondary N) is 3. The molecule has 6 nitrogen and oxygen atoms in total. The molecule has 3 aromatic rings. The lowest BCUT2D eigenvalue weighted by molar-refractivity contribution is -0.112. The number of benzene rings is 2. The number of amides is 1. The molecular weight excluding hydrogens is 326 g/mol. The number of fused-ring (bicyclic) bond motifs is 1. The average Bonchev–Trinajstić information content (AvgIpc) is 3.07. The van der Waals surface area contributed by atoms with E-state index in [0.717, 1.165) is 11.9 Å². The number of rotatable bonds is 6. The summed E-state index contributed by atoms with van der Waals surface area (Å²) in [6.45, 7) is 0.613. The van der Waals surface area contributed by atoms with E-state index in [9.17, 15) is 10.1 Å². The molecule has 0 aliphatic carbocycles. The van der Waals surface area contributed by atoms with Crippen molar-refractivity contribution < 1.29 is 4.79 Å². The number of nitriles is 1. The molecule has 26 heavy (non-hydrogen) atoms. The Labute approximate surface area is 151 Å². The first-order valence-electron chi connectivity index (χ1n) is 8.23. The molecular formula is C20H19N5O. The monoisotopic (exact) mass is 345 g/mol. The van der Waals surface area contributed by atoms with Crippen molar-refractivity contribution in [3.05, 3.63) is 72.1 Å². The summed E-state index contributed by atoms with van der Waals surface area (Å²) >= 11 is 0. The van der Waals surface area contributed by atoms with E-state index in [2.05, 4.69) is 21.7 Å². The Bertz CT molecular complexity index is 979. The highest BCUT2D eigenvalue weighted by Gasteiger charge is 2.09. The van der Waals surface area contributed by atoms with Crippen molar-refractivity contribution >= 4 is 28.2 Å². The number of nitrogen functional groups attached to an aromatic ring is 1. The van der Waals surface area contributed by atoms with Crippen LogP contribution in [0.4, 0.5) is 11.4 Å². The van der Waals surface area contributed by atoms with Crippen LogP contribution in [0, 0.1) is 11.3 Å². The fourth-order valence-electron chi connectivity index (χ4n) is 2.63. The zero-order valence-corrected chi connectivity index (χ0v) is 14.1. The molecule has 0 saturated carbocycles. The van der Waals surface area contributed by atoms with E-state index >= 15 is 0 Å². The quantitative estimate of drug-likeness (QED) is 0.238. The standard InChI is InChI=1S/C20H19N5O/c21-11-15(20(26)25-17-7-5-16(22)6-8-17)12-23-10-9-14-13-24-19-4-2-1-3-18(14)19/h1-8,12-13,23-24H,9-10,22H2,(H,25,26)/b15-12-. The van der Waals surface area contributed by atoms with E-state index in [0.29, 0.717) is 17.9 Å². The predicted octanol–water partition coefficient (Wildman–Crippen LogP) is 2.93. The molecule has 5 N–H and O–H groups in total. The van der Waals surface area contributed by atoms with Gasteiger partial charge in [-0.25, -0.2) is 0 Å². The zero-order chi connectivity index (χ0) is 18.4. The van der Waals surface area contributed by atoms with E-state index in [1.54, 1.807) is 24.3 Å². The van der Waals surface area contributed by atoms with Crippen LogP contribution in [0.15, 0.2) is 66.5 Å². The molecule has 6 heteroatoms. The lowest BCUT2D eigenvalue weighted by Gasteiger charge is -2.05. The first-order valence-corrected chi connectivity index (χ1v) is 8.23. The fraction of sp³-hybridized carbons (Fsp3) is 0.100. The van der Waals surface area contributed by atoms with Crippen molar-refractivity contribution in [1.29, 1.82) is 5.26 Å². The maximum Gasteiger partial charge on any atom is 0.267 e. The van der Waals surface area contributed by atoms with Gasteiger partial charge in [0, 0.05) is 41.2 Å². The van der Waals surface area contributed by atoms with Gasteiger partial charge in [0.1, 0.15) is 11.6 Å². The number of nitrogens with two attached hydrogens (primary N) is 1. The number of hydrogen-bond donors (Lipinski definition) is 4. The minimum atomic E-state index is -0.461. The van der Waals surface area contributed by atoms with Crippen molar-refractivity contribution in [2.75, 3.05) is 17.6 Å². The molecule has 0 aliphatic heterocycles. The molecule has 1 aromatic heterocycles. The van der Waals surface area contributed by atoms with Gasteiger partial charge >= 0.3 is 0 Å². The second-order valence-corrected chi connectivity index (χ2v) is 5.81. The van der Waals surface area contributed by atoms with Crippen molar-refractivity contribution in [3.63, 3.8) is 0 Å². The maximum absolute atomic E-state index is 12.1. The van der Waals surface area contributed by atoms with Crippen LogP contribution in [0.2, 0.25) is 0 Å². The van der Waals surface area contributed by atoms with Gasteiger partial charge in [0.05, 0.1) is 0 Å². The van der Waals surface area contributed by atoms with Crippen molar-refractivity contribution in [3.8, 4) is 6.07 Å². The highest BCUT2D eigenvalue weighted by molar-refractivity contribution is 6.06. The number of aromatic amines is 1. The first kappa shape index (κ1) is 17.1. The third-order valence-corrected chi connectivity index (χ3v) is 3.99. The zero-order valence-electron chi connectivity index (χ0n) is 14.1. The smallest absolute Gasteiger partial charge is 0.267 e. The third kappa shape index (κ3) is 4.02. The van der Waals surface area contributed by atoms with Crippen molar-refractivity contribution in [2.24, 2.45) is 0 Å². The number of para-hydroxylation sites is 1. The molecule has 0 aliphatic rings. The van der Waals surface area contributed by atoms with Crippen LogP contribution >= 0.6 is 0 Å². The molecule has 0 radical (unpaired) electrons. The van der Waals surface area contributed by atoms with E-state index in [4.69, 9.17) is 5.73 Å². The lowest BCUT2D eigenvalue weighted by Crippen LogP contribution is -2.18. The van der Waals surface area contributed by atoms with Crippen molar-refractivity contribution in [2.45, 2.75) is 6.42 Å². The number of aromatic nitrogens is 1. The van der Waals surface area contributed by atoms with Crippen LogP contribution in [0.3, 0.4) is 0 Å². The number of H-pyrrole nitrogens is 1. The molecule has 0 atom stereocenters. The Kier molecular flexibility index (Phi) is 5.20. The summed E-state index contributed by atoms with van der Waals surface area (Å²) in [5.41, 5.74) is 9.10. The van der Waals surface area contributed by atoms with Gasteiger partial charge in [0.2, 0.25) is 0 Å². The highest BCUT2D eigenvalue weighted by Crippen LogP contribution is 2.17. The largest absolute Gasteiger partial charge is 0.399 e. The molecule has 2 aromatic carbocycles. The first-order chi connectivity index (χ1) is 12.7. The van der Waals surface area contributed by atoms with Crippen molar-refractivity contribution in [1.82, 2.24) is 10.3 Å². The molecule has 3 rings (SSSR count). The molecule has 0 saturated heterocycles. The second kappa shape index (κ2) is 7.90. The highest BCUT2D eigenvalue weighted by atomic mass is 16.1. The topological polar surface area (TPSA) is 107 Å².